The Morgan fingerprint density at radius 1 is 0.814 bits per heavy atom. The van der Waals surface area contributed by atoms with Crippen LogP contribution in [0.5, 0.6) is 0 Å². The maximum atomic E-state index is 14.3. The number of nitrogens with zero attached hydrogens (tertiary/aromatic N) is 2. The maximum Gasteiger partial charge on any atom is 0.416 e. The molecule has 5 amide bonds. The van der Waals surface area contributed by atoms with Crippen molar-refractivity contribution in [1.82, 2.24) is 41.5 Å². The highest BCUT2D eigenvalue weighted by molar-refractivity contribution is 5.96. The summed E-state index contributed by atoms with van der Waals surface area (Å²) in [5.41, 5.74) is 17.4. The Labute approximate surface area is 338 Å². The molecule has 0 fully saturated rings. The second-order valence-electron chi connectivity index (χ2n) is 13.9. The zero-order valence-electron chi connectivity index (χ0n) is 32.5. The minimum Gasteiger partial charge on any atom is -0.370 e. The van der Waals surface area contributed by atoms with E-state index in [0.717, 1.165) is 35.9 Å². The Morgan fingerprint density at radius 2 is 1.51 bits per heavy atom. The van der Waals surface area contributed by atoms with Gasteiger partial charge in [0.1, 0.15) is 18.1 Å². The largest absolute Gasteiger partial charge is 0.416 e. The number of aromatic amines is 2. The normalized spacial score (nSPS) is 13.4. The molecule has 0 saturated carbocycles. The molecule has 2 aromatic heterocycles. The first-order valence-electron chi connectivity index (χ1n) is 19.1. The van der Waals surface area contributed by atoms with Gasteiger partial charge in [-0.2, -0.15) is 13.2 Å². The average Bonchev–Trinajstić information content (AvgIpc) is 3.87. The van der Waals surface area contributed by atoms with Crippen LogP contribution in [0.3, 0.4) is 0 Å². The summed E-state index contributed by atoms with van der Waals surface area (Å²) in [5.74, 6) is -4.09. The van der Waals surface area contributed by atoms with Gasteiger partial charge < -0.3 is 53.8 Å². The molecule has 20 heteroatoms. The number of guanidine groups is 1. The highest BCUT2D eigenvalue weighted by Crippen LogP contribution is 2.30. The van der Waals surface area contributed by atoms with Crippen LogP contribution in [0.4, 0.5) is 13.2 Å². The van der Waals surface area contributed by atoms with E-state index in [0.29, 0.717) is 17.8 Å². The molecule has 0 aliphatic heterocycles. The van der Waals surface area contributed by atoms with Crippen LogP contribution >= 0.6 is 0 Å². The lowest BCUT2D eigenvalue weighted by Crippen LogP contribution is -2.59. The molecule has 4 rings (SSSR count). The van der Waals surface area contributed by atoms with Gasteiger partial charge in [-0.1, -0.05) is 49.7 Å². The highest BCUT2D eigenvalue weighted by atomic mass is 19.4. The third-order valence-electron chi connectivity index (χ3n) is 9.29. The van der Waals surface area contributed by atoms with E-state index in [1.165, 1.54) is 18.5 Å². The number of H-pyrrole nitrogens is 2. The van der Waals surface area contributed by atoms with Gasteiger partial charge in [-0.25, -0.2) is 4.98 Å². The molecule has 0 unspecified atom stereocenters. The molecule has 13 N–H and O–H groups in total. The summed E-state index contributed by atoms with van der Waals surface area (Å²) >= 11 is 0. The number of hydrogen-bond donors (Lipinski definition) is 10. The number of nitrogens with two attached hydrogens (primary N) is 3. The molecular weight excluding hydrogens is 774 g/mol. The van der Waals surface area contributed by atoms with Crippen molar-refractivity contribution >= 4 is 46.4 Å². The molecule has 0 radical (unpaired) electrons. The number of carbonyl (C=O) groups excluding carboxylic acids is 5. The number of unbranched alkanes of at least 4 members (excludes halogenated alkanes) is 1. The molecule has 4 atom stereocenters. The van der Waals surface area contributed by atoms with E-state index in [9.17, 15) is 37.1 Å². The number of para-hydroxylation sites is 1. The molecule has 0 saturated heterocycles. The fourth-order valence-corrected chi connectivity index (χ4v) is 6.26. The van der Waals surface area contributed by atoms with E-state index in [1.54, 1.807) is 18.5 Å². The van der Waals surface area contributed by atoms with Gasteiger partial charge >= 0.3 is 6.18 Å². The summed E-state index contributed by atoms with van der Waals surface area (Å²) in [6, 6.07) is 6.65. The van der Waals surface area contributed by atoms with Crippen molar-refractivity contribution in [3.63, 3.8) is 0 Å². The number of imidazole rings is 1. The summed E-state index contributed by atoms with van der Waals surface area (Å²) in [6.07, 6.45) is 1.38. The fourth-order valence-electron chi connectivity index (χ4n) is 6.26. The van der Waals surface area contributed by atoms with E-state index in [2.05, 4.69) is 46.5 Å². The highest BCUT2D eigenvalue weighted by Gasteiger charge is 2.34. The van der Waals surface area contributed by atoms with Crippen LogP contribution in [0, 0.1) is 0 Å². The minimum absolute atomic E-state index is 0.0357. The van der Waals surface area contributed by atoms with Crippen molar-refractivity contribution in [2.75, 3.05) is 19.6 Å². The number of primary amides is 1. The predicted molar refractivity (Wildman–Crippen MR) is 214 cm³/mol. The standard InChI is InChI=1S/C39H51F3N12O5/c1-2-3-13-47-30(18-26-20-46-22-51-26)36(58)53-31(16-23-8-6-9-25(15-23)39(40,41)42)37(59)52-29(12-7-14-48-38(44)45)35(57)54-32(34(56)50-21-33(43)55)17-24-19-49-28-11-5-4-10-27(24)28/h4-6,8-11,15,19-20,22,29-32,47,49H,2-3,7,12-14,16-18,21H2,1H3,(H2,43,55)(H,46,51)(H,50,56)(H,52,59)(H,53,58)(H,54,57)(H4,44,45,48)/t29-,30-,31+,32-/m0/s1. The number of alkyl halides is 3. The molecule has 0 aliphatic carbocycles. The Morgan fingerprint density at radius 3 is 2.19 bits per heavy atom. The first-order chi connectivity index (χ1) is 28.1. The molecular formula is C39H51F3N12O5. The van der Waals surface area contributed by atoms with Gasteiger partial charge in [-0.3, -0.25) is 29.0 Å². The molecule has 0 aliphatic rings. The Hall–Kier alpha value is -6.44. The molecule has 0 spiro atoms. The zero-order chi connectivity index (χ0) is 43.0. The summed E-state index contributed by atoms with van der Waals surface area (Å²) in [5, 5.41) is 14.4. The Kier molecular flexibility index (Phi) is 16.8. The van der Waals surface area contributed by atoms with E-state index >= 15 is 0 Å². The SMILES string of the molecule is CCCCN[C@@H](Cc1cnc[nH]1)C(=O)N[C@H](Cc1cccc(C(F)(F)F)c1)C(=O)N[C@@H](CCCN=C(N)N)C(=O)N[C@@H](Cc1c[nH]c2ccccc12)C(=O)NCC(N)=O. The third kappa shape index (κ3) is 14.5. The lowest BCUT2D eigenvalue weighted by Gasteiger charge is -2.27. The summed E-state index contributed by atoms with van der Waals surface area (Å²) in [4.78, 5) is 81.2. The van der Waals surface area contributed by atoms with Crippen LogP contribution in [0.2, 0.25) is 0 Å². The topological polar surface area (TPSA) is 280 Å². The first kappa shape index (κ1) is 45.3. The van der Waals surface area contributed by atoms with E-state index < -0.39 is 72.0 Å². The number of benzene rings is 2. The van der Waals surface area contributed by atoms with E-state index in [1.807, 2.05) is 25.1 Å². The number of hydrogen-bond acceptors (Lipinski definition) is 8. The van der Waals surface area contributed by atoms with Gasteiger partial charge in [-0.05, 0) is 49.1 Å². The van der Waals surface area contributed by atoms with E-state index in [-0.39, 0.29) is 50.2 Å². The average molecular weight is 825 g/mol. The molecule has 2 heterocycles. The molecule has 59 heavy (non-hydrogen) atoms. The monoisotopic (exact) mass is 824 g/mol. The zero-order valence-corrected chi connectivity index (χ0v) is 32.5. The number of nitrogens with one attached hydrogen (secondary N) is 7. The van der Waals surface area contributed by atoms with Crippen molar-refractivity contribution in [3.05, 3.63) is 89.6 Å². The molecule has 4 aromatic rings. The van der Waals surface area contributed by atoms with Crippen LogP contribution in [-0.4, -0.2) is 94.2 Å². The number of amides is 5. The van der Waals surface area contributed by atoms with E-state index in [4.69, 9.17) is 17.2 Å². The molecule has 0 bridgehead atoms. The Balaban J connectivity index is 1.65. The van der Waals surface area contributed by atoms with Crippen molar-refractivity contribution in [2.45, 2.75) is 82.2 Å². The van der Waals surface area contributed by atoms with Gasteiger partial charge in [0.05, 0.1) is 24.5 Å². The Bertz CT molecular complexity index is 2050. The number of rotatable bonds is 23. The van der Waals surface area contributed by atoms with Crippen molar-refractivity contribution in [2.24, 2.45) is 22.2 Å². The number of halogens is 3. The van der Waals surface area contributed by atoms with Gasteiger partial charge in [0.15, 0.2) is 5.96 Å². The lowest BCUT2D eigenvalue weighted by molar-refractivity contribution is -0.137. The third-order valence-corrected chi connectivity index (χ3v) is 9.29. The minimum atomic E-state index is -4.68. The summed E-state index contributed by atoms with van der Waals surface area (Å²) < 4.78 is 41.2. The van der Waals surface area contributed by atoms with Crippen LogP contribution in [0.1, 0.15) is 55.0 Å². The number of aromatic nitrogens is 3. The van der Waals surface area contributed by atoms with Crippen molar-refractivity contribution in [3.8, 4) is 0 Å². The van der Waals surface area contributed by atoms with Crippen LogP contribution in [0.15, 0.2) is 72.2 Å². The number of fused-ring (bicyclic) bond motifs is 1. The second kappa shape index (κ2) is 21.9. The van der Waals surface area contributed by atoms with Crippen LogP contribution < -0.4 is 43.8 Å². The van der Waals surface area contributed by atoms with Crippen molar-refractivity contribution in [1.29, 1.82) is 0 Å². The summed E-state index contributed by atoms with van der Waals surface area (Å²) in [6.45, 7) is 1.98. The lowest BCUT2D eigenvalue weighted by atomic mass is 10.0. The van der Waals surface area contributed by atoms with Gasteiger partial charge in [-0.15, -0.1) is 0 Å². The smallest absolute Gasteiger partial charge is 0.370 e. The maximum absolute atomic E-state index is 14.3. The van der Waals surface area contributed by atoms with Crippen LogP contribution in [0.25, 0.3) is 10.9 Å². The van der Waals surface area contributed by atoms with Crippen molar-refractivity contribution < 1.29 is 37.1 Å². The summed E-state index contributed by atoms with van der Waals surface area (Å²) in [7, 11) is 0. The van der Waals surface area contributed by atoms with Crippen LogP contribution in [-0.2, 0) is 49.4 Å². The van der Waals surface area contributed by atoms with Gasteiger partial charge in [0, 0.05) is 54.8 Å². The van der Waals surface area contributed by atoms with Gasteiger partial charge in [0.2, 0.25) is 29.5 Å². The number of aliphatic imine (C=N–C) groups is 1. The molecule has 2 aromatic carbocycles. The fraction of sp³-hybridized carbons (Fsp3) is 0.410. The second-order valence-corrected chi connectivity index (χ2v) is 13.9. The van der Waals surface area contributed by atoms with Gasteiger partial charge in [0.25, 0.3) is 0 Å². The first-order valence-corrected chi connectivity index (χ1v) is 19.1. The quantitative estimate of drug-likeness (QED) is 0.0287. The molecule has 318 valence electrons. The molecule has 17 nitrogen and oxygen atoms in total. The number of carbonyl (C=O) groups is 5. The predicted octanol–water partition coefficient (Wildman–Crippen LogP) is 0.806.